The Morgan fingerprint density at radius 1 is 1.12 bits per heavy atom. The molecule has 0 radical (unpaired) electrons. The third-order valence-electron chi connectivity index (χ3n) is 4.11. The highest BCUT2D eigenvalue weighted by atomic mass is 16.5. The zero-order chi connectivity index (χ0) is 16.6. The average molecular weight is 332 g/mol. The fraction of sp³-hybridized carbons (Fsp3) is 0.529. The Kier molecular flexibility index (Phi) is 6.31. The van der Waals surface area contributed by atoms with Crippen LogP contribution in [0.5, 0.6) is 0 Å². The lowest BCUT2D eigenvalue weighted by Crippen LogP contribution is -2.41. The number of ether oxygens (including phenoxy) is 1. The van der Waals surface area contributed by atoms with Crippen molar-refractivity contribution in [1.82, 2.24) is 19.9 Å². The molecule has 0 bridgehead atoms. The summed E-state index contributed by atoms with van der Waals surface area (Å²) in [5, 5.41) is 13.3. The second-order valence-corrected chi connectivity index (χ2v) is 5.83. The third-order valence-corrected chi connectivity index (χ3v) is 4.11. The van der Waals surface area contributed by atoms with Crippen molar-refractivity contribution in [3.05, 3.63) is 36.2 Å². The van der Waals surface area contributed by atoms with E-state index in [4.69, 9.17) is 9.26 Å². The van der Waals surface area contributed by atoms with Gasteiger partial charge in [-0.1, -0.05) is 35.5 Å². The zero-order valence-corrected chi connectivity index (χ0v) is 13.8. The van der Waals surface area contributed by atoms with Crippen molar-refractivity contribution in [2.24, 2.45) is 0 Å². The molecule has 1 N–H and O–H groups in total. The molecule has 24 heavy (non-hydrogen) atoms. The molecule has 7 heteroatoms. The maximum absolute atomic E-state index is 9.29. The van der Waals surface area contributed by atoms with E-state index in [9.17, 15) is 5.11 Å². The Balaban J connectivity index is 1.55. The number of morpholine rings is 1. The van der Waals surface area contributed by atoms with Crippen LogP contribution in [0, 0.1) is 0 Å². The summed E-state index contributed by atoms with van der Waals surface area (Å²) in [5.41, 5.74) is 0.939. The van der Waals surface area contributed by atoms with Crippen LogP contribution in [0.3, 0.4) is 0 Å². The molecule has 1 fully saturated rings. The van der Waals surface area contributed by atoms with Crippen LogP contribution in [0.15, 0.2) is 34.9 Å². The van der Waals surface area contributed by atoms with Crippen LogP contribution in [0.4, 0.5) is 0 Å². The van der Waals surface area contributed by atoms with Gasteiger partial charge in [0.25, 0.3) is 0 Å². The predicted molar refractivity (Wildman–Crippen MR) is 89.4 cm³/mol. The van der Waals surface area contributed by atoms with Crippen molar-refractivity contribution in [1.29, 1.82) is 0 Å². The lowest BCUT2D eigenvalue weighted by Gasteiger charge is -2.29. The normalized spacial score (nSPS) is 15.9. The van der Waals surface area contributed by atoms with E-state index in [0.717, 1.165) is 45.0 Å². The Bertz CT molecular complexity index is 599. The van der Waals surface area contributed by atoms with Crippen molar-refractivity contribution in [3.8, 4) is 11.4 Å². The van der Waals surface area contributed by atoms with Crippen LogP contribution < -0.4 is 0 Å². The molecule has 0 atom stereocenters. The van der Waals surface area contributed by atoms with E-state index in [1.807, 2.05) is 30.3 Å². The molecule has 7 nitrogen and oxygen atoms in total. The van der Waals surface area contributed by atoms with E-state index in [1.165, 1.54) is 0 Å². The Morgan fingerprint density at radius 2 is 1.92 bits per heavy atom. The summed E-state index contributed by atoms with van der Waals surface area (Å²) in [6.07, 6.45) is 0. The first kappa shape index (κ1) is 17.0. The molecule has 1 aromatic carbocycles. The van der Waals surface area contributed by atoms with Crippen molar-refractivity contribution >= 4 is 0 Å². The molecule has 0 aliphatic carbocycles. The standard InChI is InChI=1S/C17H24N4O3/c22-11-8-21(7-6-20-9-12-23-13-10-20)14-16-18-17(19-24-16)15-4-2-1-3-5-15/h1-5,22H,6-14H2. The van der Waals surface area contributed by atoms with Gasteiger partial charge in [-0.2, -0.15) is 4.98 Å². The van der Waals surface area contributed by atoms with E-state index in [1.54, 1.807) is 0 Å². The van der Waals surface area contributed by atoms with Gasteiger partial charge in [0.15, 0.2) is 0 Å². The molecular formula is C17H24N4O3. The number of hydrogen-bond acceptors (Lipinski definition) is 7. The van der Waals surface area contributed by atoms with E-state index < -0.39 is 0 Å². The molecule has 1 aliphatic rings. The summed E-state index contributed by atoms with van der Waals surface area (Å²) in [5.74, 6) is 1.17. The summed E-state index contributed by atoms with van der Waals surface area (Å²) in [7, 11) is 0. The fourth-order valence-corrected chi connectivity index (χ4v) is 2.73. The topological polar surface area (TPSA) is 74.9 Å². The predicted octanol–water partition coefficient (Wildman–Crippen LogP) is 0.863. The fourth-order valence-electron chi connectivity index (χ4n) is 2.73. The Hall–Kier alpha value is -1.80. The summed E-state index contributed by atoms with van der Waals surface area (Å²) in [4.78, 5) is 8.97. The quantitative estimate of drug-likeness (QED) is 0.768. The van der Waals surface area contributed by atoms with E-state index in [2.05, 4.69) is 19.9 Å². The summed E-state index contributed by atoms with van der Waals surface area (Å²) in [6.45, 7) is 6.57. The number of rotatable bonds is 8. The first-order chi connectivity index (χ1) is 11.8. The number of nitrogens with zero attached hydrogens (tertiary/aromatic N) is 4. The van der Waals surface area contributed by atoms with Crippen molar-refractivity contribution in [2.75, 3.05) is 52.5 Å². The third kappa shape index (κ3) is 4.85. The van der Waals surface area contributed by atoms with Gasteiger partial charge in [0.1, 0.15) is 0 Å². The van der Waals surface area contributed by atoms with Gasteiger partial charge in [0, 0.05) is 38.3 Å². The first-order valence-corrected chi connectivity index (χ1v) is 8.36. The second-order valence-electron chi connectivity index (χ2n) is 5.83. The lowest BCUT2D eigenvalue weighted by atomic mass is 10.2. The van der Waals surface area contributed by atoms with Crippen LogP contribution in [0.25, 0.3) is 11.4 Å². The number of aromatic nitrogens is 2. The monoisotopic (exact) mass is 332 g/mol. The number of hydrogen-bond donors (Lipinski definition) is 1. The van der Waals surface area contributed by atoms with Gasteiger partial charge >= 0.3 is 0 Å². The van der Waals surface area contributed by atoms with Gasteiger partial charge in [-0.3, -0.25) is 9.80 Å². The van der Waals surface area contributed by atoms with Crippen LogP contribution in [0.2, 0.25) is 0 Å². The zero-order valence-electron chi connectivity index (χ0n) is 13.8. The highest BCUT2D eigenvalue weighted by Crippen LogP contribution is 2.15. The molecule has 1 aromatic heterocycles. The first-order valence-electron chi connectivity index (χ1n) is 8.36. The minimum atomic E-state index is 0.114. The van der Waals surface area contributed by atoms with Gasteiger partial charge in [-0.15, -0.1) is 0 Å². The average Bonchev–Trinajstić information content (AvgIpc) is 3.10. The van der Waals surface area contributed by atoms with Crippen molar-refractivity contribution in [2.45, 2.75) is 6.54 Å². The minimum absolute atomic E-state index is 0.114. The largest absolute Gasteiger partial charge is 0.395 e. The maximum atomic E-state index is 9.29. The van der Waals surface area contributed by atoms with E-state index in [0.29, 0.717) is 24.8 Å². The van der Waals surface area contributed by atoms with Crippen LogP contribution in [-0.4, -0.2) is 77.6 Å². The van der Waals surface area contributed by atoms with Crippen LogP contribution in [0.1, 0.15) is 5.89 Å². The maximum Gasteiger partial charge on any atom is 0.241 e. The van der Waals surface area contributed by atoms with Gasteiger partial charge in [0.2, 0.25) is 11.7 Å². The summed E-state index contributed by atoms with van der Waals surface area (Å²) in [6, 6.07) is 9.77. The molecule has 0 unspecified atom stereocenters. The Morgan fingerprint density at radius 3 is 2.67 bits per heavy atom. The molecule has 2 heterocycles. The van der Waals surface area contributed by atoms with Gasteiger partial charge in [0.05, 0.1) is 26.4 Å². The van der Waals surface area contributed by atoms with Gasteiger partial charge in [-0.25, -0.2) is 0 Å². The number of aliphatic hydroxyl groups is 1. The van der Waals surface area contributed by atoms with E-state index in [-0.39, 0.29) is 6.61 Å². The molecule has 130 valence electrons. The van der Waals surface area contributed by atoms with Crippen LogP contribution >= 0.6 is 0 Å². The van der Waals surface area contributed by atoms with Crippen molar-refractivity contribution in [3.63, 3.8) is 0 Å². The summed E-state index contributed by atoms with van der Waals surface area (Å²) < 4.78 is 10.7. The highest BCUT2D eigenvalue weighted by molar-refractivity contribution is 5.53. The van der Waals surface area contributed by atoms with Crippen LogP contribution in [-0.2, 0) is 11.3 Å². The smallest absolute Gasteiger partial charge is 0.241 e. The minimum Gasteiger partial charge on any atom is -0.395 e. The van der Waals surface area contributed by atoms with E-state index >= 15 is 0 Å². The molecule has 3 rings (SSSR count). The lowest BCUT2D eigenvalue weighted by molar-refractivity contribution is 0.0314. The molecule has 0 spiro atoms. The van der Waals surface area contributed by atoms with Gasteiger partial charge < -0.3 is 14.4 Å². The summed E-state index contributed by atoms with van der Waals surface area (Å²) >= 11 is 0. The Labute approximate surface area is 141 Å². The second kappa shape index (κ2) is 8.89. The molecule has 1 saturated heterocycles. The van der Waals surface area contributed by atoms with Gasteiger partial charge in [-0.05, 0) is 0 Å². The highest BCUT2D eigenvalue weighted by Gasteiger charge is 2.15. The molecule has 2 aromatic rings. The van der Waals surface area contributed by atoms with Crippen molar-refractivity contribution < 1.29 is 14.4 Å². The number of benzene rings is 1. The molecular weight excluding hydrogens is 308 g/mol. The molecule has 0 saturated carbocycles. The SMILES string of the molecule is OCCN(CCN1CCOCC1)Cc1nc(-c2ccccc2)no1. The molecule has 0 amide bonds. The molecule has 1 aliphatic heterocycles. The number of aliphatic hydroxyl groups excluding tert-OH is 1.